The van der Waals surface area contributed by atoms with E-state index in [1.807, 2.05) is 0 Å². The Morgan fingerprint density at radius 3 is 2.18 bits per heavy atom. The average molecular weight is 166 g/mol. The molecule has 0 aliphatic heterocycles. The van der Waals surface area contributed by atoms with Crippen molar-refractivity contribution in [3.8, 4) is 0 Å². The fourth-order valence-corrected chi connectivity index (χ4v) is 1.29. The molecule has 1 aliphatic carbocycles. The van der Waals surface area contributed by atoms with Gasteiger partial charge in [-0.15, -0.1) is 0 Å². The van der Waals surface area contributed by atoms with Gasteiger partial charge in [-0.2, -0.15) is 0 Å². The van der Waals surface area contributed by atoms with Crippen LogP contribution < -0.4 is 0 Å². The minimum atomic E-state index is -2.90. The van der Waals surface area contributed by atoms with E-state index in [1.54, 1.807) is 0 Å². The molecule has 0 aromatic heterocycles. The average Bonchev–Trinajstić information content (AvgIpc) is 1.85. The summed E-state index contributed by atoms with van der Waals surface area (Å²) in [5.74, 6) is -0.776. The van der Waals surface area contributed by atoms with E-state index in [4.69, 9.17) is 0 Å². The summed E-state index contributed by atoms with van der Waals surface area (Å²) >= 11 is 0. The maximum atomic E-state index is 12.4. The van der Waals surface area contributed by atoms with E-state index in [0.717, 1.165) is 0 Å². The number of hydrogen-bond donors (Lipinski definition) is 0. The Balaban J connectivity index is 2.26. The molecule has 0 aromatic rings. The van der Waals surface area contributed by atoms with Crippen molar-refractivity contribution < 1.29 is 18.0 Å². The molecule has 0 saturated heterocycles. The van der Waals surface area contributed by atoms with Crippen LogP contribution in [-0.4, -0.2) is 18.9 Å². The Labute approximate surface area is 62.6 Å². The highest BCUT2D eigenvalue weighted by atomic mass is 19.3. The van der Waals surface area contributed by atoms with E-state index < -0.39 is 18.5 Å². The second-order valence-corrected chi connectivity index (χ2v) is 2.91. The van der Waals surface area contributed by atoms with E-state index in [1.165, 1.54) is 0 Å². The van der Waals surface area contributed by atoms with Crippen LogP contribution in [0.5, 0.6) is 0 Å². The van der Waals surface area contributed by atoms with Gasteiger partial charge in [-0.25, -0.2) is 13.2 Å². The van der Waals surface area contributed by atoms with Crippen molar-refractivity contribution in [3.05, 3.63) is 0 Å². The molecule has 0 heterocycles. The van der Waals surface area contributed by atoms with Gasteiger partial charge in [0.25, 0.3) is 6.43 Å². The van der Waals surface area contributed by atoms with Gasteiger partial charge in [0.2, 0.25) is 0 Å². The first-order valence-electron chi connectivity index (χ1n) is 3.52. The minimum absolute atomic E-state index is 0.183. The molecular weight excluding hydrogens is 157 g/mol. The summed E-state index contributed by atoms with van der Waals surface area (Å²) < 4.78 is 35.7. The van der Waals surface area contributed by atoms with E-state index >= 15 is 0 Å². The van der Waals surface area contributed by atoms with Crippen LogP contribution in [0, 0.1) is 11.8 Å². The largest absolute Gasteiger partial charge is 0.303 e. The molecule has 0 amide bonds. The fraction of sp³-hybridized carbons (Fsp3) is 0.857. The number of hydrogen-bond acceptors (Lipinski definition) is 1. The lowest BCUT2D eigenvalue weighted by Gasteiger charge is -2.33. The van der Waals surface area contributed by atoms with Gasteiger partial charge in [-0.05, 0) is 18.8 Å². The van der Waals surface area contributed by atoms with Gasteiger partial charge < -0.3 is 4.79 Å². The molecular formula is C7H9F3O. The number of carbonyl (C=O) groups is 1. The third-order valence-electron chi connectivity index (χ3n) is 2.09. The molecule has 64 valence electrons. The predicted molar refractivity (Wildman–Crippen MR) is 33.2 cm³/mol. The first-order chi connectivity index (χ1) is 5.15. The monoisotopic (exact) mass is 166 g/mol. The maximum absolute atomic E-state index is 12.4. The zero-order chi connectivity index (χ0) is 8.43. The molecule has 0 aromatic carbocycles. The number of alkyl halides is 3. The number of carbonyl (C=O) groups excluding carboxylic acids is 1. The van der Waals surface area contributed by atoms with Gasteiger partial charge in [0, 0.05) is 5.92 Å². The molecule has 4 heteroatoms. The molecule has 0 spiro atoms. The molecule has 11 heavy (non-hydrogen) atoms. The molecule has 1 aliphatic rings. The van der Waals surface area contributed by atoms with E-state index in [9.17, 15) is 18.0 Å². The Bertz CT molecular complexity index is 143. The summed E-state index contributed by atoms with van der Waals surface area (Å²) in [4.78, 5) is 10.0. The molecule has 1 atom stereocenters. The Morgan fingerprint density at radius 2 is 1.82 bits per heavy atom. The summed E-state index contributed by atoms with van der Waals surface area (Å²) in [6, 6.07) is 0. The second kappa shape index (κ2) is 3.24. The van der Waals surface area contributed by atoms with Crippen molar-refractivity contribution >= 4 is 6.29 Å². The molecule has 1 unspecified atom stereocenters. The normalized spacial score (nSPS) is 33.1. The molecule has 1 saturated carbocycles. The van der Waals surface area contributed by atoms with Crippen LogP contribution in [0.25, 0.3) is 0 Å². The van der Waals surface area contributed by atoms with E-state index in [-0.39, 0.29) is 18.8 Å². The third-order valence-corrected chi connectivity index (χ3v) is 2.09. The lowest BCUT2D eigenvalue weighted by Crippen LogP contribution is -2.35. The zero-order valence-corrected chi connectivity index (χ0v) is 5.84. The van der Waals surface area contributed by atoms with Crippen LogP contribution in [0.2, 0.25) is 0 Å². The summed E-state index contributed by atoms with van der Waals surface area (Å²) in [5.41, 5.74) is 0. The van der Waals surface area contributed by atoms with Crippen LogP contribution in [0.3, 0.4) is 0 Å². The second-order valence-electron chi connectivity index (χ2n) is 2.91. The molecule has 0 bridgehead atoms. The zero-order valence-electron chi connectivity index (χ0n) is 5.84. The highest BCUT2D eigenvalue weighted by Gasteiger charge is 2.39. The van der Waals surface area contributed by atoms with Gasteiger partial charge in [0.15, 0.2) is 6.17 Å². The Morgan fingerprint density at radius 1 is 1.27 bits per heavy atom. The SMILES string of the molecule is O=CC1CC(C(F)C(F)F)C1. The van der Waals surface area contributed by atoms with E-state index in [2.05, 4.69) is 0 Å². The first kappa shape index (κ1) is 8.56. The first-order valence-corrected chi connectivity index (χ1v) is 3.52. The van der Waals surface area contributed by atoms with E-state index in [0.29, 0.717) is 6.29 Å². The minimum Gasteiger partial charge on any atom is -0.303 e. The van der Waals surface area contributed by atoms with Crippen LogP contribution in [-0.2, 0) is 4.79 Å². The van der Waals surface area contributed by atoms with Crippen molar-refractivity contribution in [2.45, 2.75) is 25.4 Å². The summed E-state index contributed by atoms with van der Waals surface area (Å²) in [6.45, 7) is 0. The van der Waals surface area contributed by atoms with Crippen LogP contribution in [0.4, 0.5) is 13.2 Å². The predicted octanol–water partition coefficient (Wildman–Crippen LogP) is 1.81. The molecule has 1 rings (SSSR count). The van der Waals surface area contributed by atoms with Crippen molar-refractivity contribution in [1.82, 2.24) is 0 Å². The Kier molecular flexibility index (Phi) is 2.52. The summed E-state index contributed by atoms with van der Waals surface area (Å²) in [6.07, 6.45) is -3.66. The van der Waals surface area contributed by atoms with Crippen molar-refractivity contribution in [2.75, 3.05) is 0 Å². The Hall–Kier alpha value is -0.540. The van der Waals surface area contributed by atoms with Crippen LogP contribution in [0.1, 0.15) is 12.8 Å². The number of aldehydes is 1. The molecule has 1 fully saturated rings. The third kappa shape index (κ3) is 1.73. The fourth-order valence-electron chi connectivity index (χ4n) is 1.29. The van der Waals surface area contributed by atoms with Crippen LogP contribution >= 0.6 is 0 Å². The topological polar surface area (TPSA) is 17.1 Å². The maximum Gasteiger partial charge on any atom is 0.269 e. The van der Waals surface area contributed by atoms with Crippen molar-refractivity contribution in [1.29, 1.82) is 0 Å². The summed E-state index contributed by atoms with van der Waals surface area (Å²) in [7, 11) is 0. The summed E-state index contributed by atoms with van der Waals surface area (Å²) in [5, 5.41) is 0. The lowest BCUT2D eigenvalue weighted by atomic mass is 9.73. The standard InChI is InChI=1S/C7H9F3O/c8-6(7(9)10)5-1-4(2-5)3-11/h3-7H,1-2H2. The van der Waals surface area contributed by atoms with Gasteiger partial charge in [-0.3, -0.25) is 0 Å². The van der Waals surface area contributed by atoms with Crippen LogP contribution in [0.15, 0.2) is 0 Å². The molecule has 0 N–H and O–H groups in total. The number of rotatable bonds is 3. The highest BCUT2D eigenvalue weighted by Crippen LogP contribution is 2.37. The van der Waals surface area contributed by atoms with Gasteiger partial charge in [0.1, 0.15) is 6.29 Å². The smallest absolute Gasteiger partial charge is 0.269 e. The quantitative estimate of drug-likeness (QED) is 0.584. The molecule has 0 radical (unpaired) electrons. The van der Waals surface area contributed by atoms with Gasteiger partial charge in [0.05, 0.1) is 0 Å². The lowest BCUT2D eigenvalue weighted by molar-refractivity contribution is -0.117. The van der Waals surface area contributed by atoms with Gasteiger partial charge >= 0.3 is 0 Å². The number of halogens is 3. The van der Waals surface area contributed by atoms with Crippen molar-refractivity contribution in [3.63, 3.8) is 0 Å². The van der Waals surface area contributed by atoms with Gasteiger partial charge in [-0.1, -0.05) is 0 Å². The molecule has 1 nitrogen and oxygen atoms in total. The van der Waals surface area contributed by atoms with Crippen molar-refractivity contribution in [2.24, 2.45) is 11.8 Å². The highest BCUT2D eigenvalue weighted by molar-refractivity contribution is 5.55.